The maximum atomic E-state index is 12.5. The van der Waals surface area contributed by atoms with Crippen LogP contribution < -0.4 is 0 Å². The molecule has 1 aliphatic heterocycles. The van der Waals surface area contributed by atoms with Gasteiger partial charge in [-0.05, 0) is 30.1 Å². The van der Waals surface area contributed by atoms with Gasteiger partial charge in [0.1, 0.15) is 5.82 Å². The fraction of sp³-hybridized carbons (Fsp3) is 0.316. The SMILES string of the molecule is CN(Cc1cccnc1)Cc1cn2c(n1)CN(C(=O)c1cccs1)CC2. The Bertz CT molecular complexity index is 875. The molecule has 1 aliphatic rings. The first-order chi connectivity index (χ1) is 12.7. The molecule has 4 heterocycles. The number of imidazole rings is 1. The lowest BCUT2D eigenvalue weighted by Gasteiger charge is -2.27. The number of aromatic nitrogens is 3. The van der Waals surface area contributed by atoms with Crippen molar-refractivity contribution in [3.8, 4) is 0 Å². The third kappa shape index (κ3) is 3.68. The molecule has 0 spiro atoms. The van der Waals surface area contributed by atoms with Crippen molar-refractivity contribution in [1.29, 1.82) is 0 Å². The van der Waals surface area contributed by atoms with E-state index in [1.165, 1.54) is 16.9 Å². The Balaban J connectivity index is 1.40. The van der Waals surface area contributed by atoms with Crippen molar-refractivity contribution in [3.63, 3.8) is 0 Å². The summed E-state index contributed by atoms with van der Waals surface area (Å²) in [4.78, 5) is 26.4. The largest absolute Gasteiger partial charge is 0.331 e. The molecule has 0 atom stereocenters. The zero-order valence-electron chi connectivity index (χ0n) is 14.7. The van der Waals surface area contributed by atoms with Crippen LogP contribution in [0.3, 0.4) is 0 Å². The van der Waals surface area contributed by atoms with Crippen molar-refractivity contribution in [1.82, 2.24) is 24.3 Å². The summed E-state index contributed by atoms with van der Waals surface area (Å²) in [6, 6.07) is 7.83. The second kappa shape index (κ2) is 7.39. The van der Waals surface area contributed by atoms with E-state index >= 15 is 0 Å². The molecule has 26 heavy (non-hydrogen) atoms. The first-order valence-electron chi connectivity index (χ1n) is 8.64. The molecule has 3 aromatic heterocycles. The Hall–Kier alpha value is -2.51. The third-order valence-electron chi connectivity index (χ3n) is 4.48. The van der Waals surface area contributed by atoms with Gasteiger partial charge in [-0.25, -0.2) is 4.98 Å². The molecule has 134 valence electrons. The highest BCUT2D eigenvalue weighted by Crippen LogP contribution is 2.19. The van der Waals surface area contributed by atoms with Gasteiger partial charge in [0, 0.05) is 44.8 Å². The molecule has 0 fully saturated rings. The number of rotatable bonds is 5. The van der Waals surface area contributed by atoms with Crippen LogP contribution in [0.2, 0.25) is 0 Å². The van der Waals surface area contributed by atoms with Gasteiger partial charge in [0.15, 0.2) is 0 Å². The van der Waals surface area contributed by atoms with Crippen LogP contribution in [-0.2, 0) is 26.2 Å². The monoisotopic (exact) mass is 367 g/mol. The molecule has 3 aromatic rings. The summed E-state index contributed by atoms with van der Waals surface area (Å²) in [7, 11) is 2.08. The molecule has 0 radical (unpaired) electrons. The number of nitrogens with zero attached hydrogens (tertiary/aromatic N) is 5. The van der Waals surface area contributed by atoms with Gasteiger partial charge in [-0.15, -0.1) is 11.3 Å². The van der Waals surface area contributed by atoms with E-state index in [2.05, 4.69) is 33.8 Å². The second-order valence-electron chi connectivity index (χ2n) is 6.58. The minimum Gasteiger partial charge on any atom is -0.331 e. The number of hydrogen-bond donors (Lipinski definition) is 0. The Labute approximate surface area is 156 Å². The summed E-state index contributed by atoms with van der Waals surface area (Å²) in [6.07, 6.45) is 5.79. The first-order valence-corrected chi connectivity index (χ1v) is 9.52. The van der Waals surface area contributed by atoms with E-state index in [0.29, 0.717) is 6.54 Å². The van der Waals surface area contributed by atoms with Crippen LogP contribution in [0.1, 0.15) is 26.8 Å². The van der Waals surface area contributed by atoms with Gasteiger partial charge < -0.3 is 9.47 Å². The third-order valence-corrected chi connectivity index (χ3v) is 5.34. The highest BCUT2D eigenvalue weighted by molar-refractivity contribution is 7.12. The van der Waals surface area contributed by atoms with Crippen LogP contribution in [0.4, 0.5) is 0 Å². The Kier molecular flexibility index (Phi) is 4.81. The molecule has 0 aliphatic carbocycles. The van der Waals surface area contributed by atoms with E-state index in [4.69, 9.17) is 4.98 Å². The van der Waals surface area contributed by atoms with Crippen LogP contribution in [0.25, 0.3) is 0 Å². The molecule has 0 N–H and O–H groups in total. The van der Waals surface area contributed by atoms with Gasteiger partial charge in [0.25, 0.3) is 5.91 Å². The zero-order chi connectivity index (χ0) is 17.9. The molecular formula is C19H21N5OS. The van der Waals surface area contributed by atoms with E-state index in [-0.39, 0.29) is 5.91 Å². The minimum atomic E-state index is 0.101. The lowest BCUT2D eigenvalue weighted by atomic mass is 10.2. The lowest BCUT2D eigenvalue weighted by molar-refractivity contribution is 0.0712. The van der Waals surface area contributed by atoms with Crippen LogP contribution in [0.15, 0.2) is 48.2 Å². The van der Waals surface area contributed by atoms with Gasteiger partial charge >= 0.3 is 0 Å². The number of carbonyl (C=O) groups excluding carboxylic acids is 1. The molecule has 0 aromatic carbocycles. The highest BCUT2D eigenvalue weighted by Gasteiger charge is 2.24. The van der Waals surface area contributed by atoms with Crippen molar-refractivity contribution in [2.45, 2.75) is 26.2 Å². The van der Waals surface area contributed by atoms with Crippen molar-refractivity contribution in [3.05, 3.63) is 70.2 Å². The van der Waals surface area contributed by atoms with Gasteiger partial charge in [-0.3, -0.25) is 14.7 Å². The molecule has 6 nitrogen and oxygen atoms in total. The van der Waals surface area contributed by atoms with Gasteiger partial charge in [0.2, 0.25) is 0 Å². The molecule has 0 saturated carbocycles. The Morgan fingerprint density at radius 1 is 1.27 bits per heavy atom. The average Bonchev–Trinajstić information content (AvgIpc) is 3.30. The average molecular weight is 367 g/mol. The number of fused-ring (bicyclic) bond motifs is 1. The summed E-state index contributed by atoms with van der Waals surface area (Å²) >= 11 is 1.49. The maximum Gasteiger partial charge on any atom is 0.264 e. The summed E-state index contributed by atoms with van der Waals surface area (Å²) < 4.78 is 2.17. The first kappa shape index (κ1) is 16.9. The molecule has 7 heteroatoms. The maximum absolute atomic E-state index is 12.5. The number of carbonyl (C=O) groups is 1. The van der Waals surface area contributed by atoms with Crippen molar-refractivity contribution in [2.75, 3.05) is 13.6 Å². The topological polar surface area (TPSA) is 54.3 Å². The fourth-order valence-corrected chi connectivity index (χ4v) is 3.94. The zero-order valence-corrected chi connectivity index (χ0v) is 15.5. The number of pyridine rings is 1. The van der Waals surface area contributed by atoms with Crippen molar-refractivity contribution < 1.29 is 4.79 Å². The number of thiophene rings is 1. The summed E-state index contributed by atoms with van der Waals surface area (Å²) in [5.41, 5.74) is 2.23. The Morgan fingerprint density at radius 3 is 2.96 bits per heavy atom. The van der Waals surface area contributed by atoms with E-state index in [1.807, 2.05) is 34.7 Å². The second-order valence-corrected chi connectivity index (χ2v) is 7.53. The quantitative estimate of drug-likeness (QED) is 0.696. The molecular weight excluding hydrogens is 346 g/mol. The number of hydrogen-bond acceptors (Lipinski definition) is 5. The normalized spacial score (nSPS) is 13.8. The van der Waals surface area contributed by atoms with E-state index in [9.17, 15) is 4.79 Å². The molecule has 0 saturated heterocycles. The standard InChI is InChI=1S/C19H21N5OS/c1-22(11-15-4-2-6-20-10-15)12-16-13-23-7-8-24(14-18(23)21-16)19(25)17-5-3-9-26-17/h2-6,9-10,13H,7-8,11-12,14H2,1H3. The van der Waals surface area contributed by atoms with Gasteiger partial charge in [-0.2, -0.15) is 0 Å². The summed E-state index contributed by atoms with van der Waals surface area (Å²) in [5.74, 6) is 1.07. The van der Waals surface area contributed by atoms with Gasteiger partial charge in [-0.1, -0.05) is 12.1 Å². The van der Waals surface area contributed by atoms with E-state index in [1.54, 1.807) is 6.20 Å². The van der Waals surface area contributed by atoms with Crippen LogP contribution >= 0.6 is 11.3 Å². The molecule has 4 rings (SSSR count). The smallest absolute Gasteiger partial charge is 0.264 e. The summed E-state index contributed by atoms with van der Waals surface area (Å²) in [5, 5.41) is 1.94. The van der Waals surface area contributed by atoms with E-state index < -0.39 is 0 Å². The highest BCUT2D eigenvalue weighted by atomic mass is 32.1. The molecule has 1 amide bonds. The molecule has 0 bridgehead atoms. The van der Waals surface area contributed by atoms with Crippen molar-refractivity contribution >= 4 is 17.2 Å². The van der Waals surface area contributed by atoms with Crippen LogP contribution in [0, 0.1) is 0 Å². The van der Waals surface area contributed by atoms with Crippen LogP contribution in [-0.4, -0.2) is 43.8 Å². The lowest BCUT2D eigenvalue weighted by Crippen LogP contribution is -2.37. The summed E-state index contributed by atoms with van der Waals surface area (Å²) in [6.45, 7) is 3.70. The minimum absolute atomic E-state index is 0.101. The predicted octanol–water partition coefficient (Wildman–Crippen LogP) is 2.63. The fourth-order valence-electron chi connectivity index (χ4n) is 3.25. The predicted molar refractivity (Wildman–Crippen MR) is 101 cm³/mol. The number of amides is 1. The Morgan fingerprint density at radius 2 is 2.19 bits per heavy atom. The van der Waals surface area contributed by atoms with Crippen molar-refractivity contribution in [2.24, 2.45) is 0 Å². The van der Waals surface area contributed by atoms with E-state index in [0.717, 1.165) is 42.6 Å². The molecule has 0 unspecified atom stereocenters. The van der Waals surface area contributed by atoms with Crippen LogP contribution in [0.5, 0.6) is 0 Å². The van der Waals surface area contributed by atoms with Gasteiger partial charge in [0.05, 0.1) is 17.1 Å².